The van der Waals surface area contributed by atoms with Crippen molar-refractivity contribution in [1.29, 1.82) is 0 Å². The lowest BCUT2D eigenvalue weighted by Gasteiger charge is -2.37. The van der Waals surface area contributed by atoms with Crippen molar-refractivity contribution in [2.24, 2.45) is 17.6 Å². The summed E-state index contributed by atoms with van der Waals surface area (Å²) in [7, 11) is 0. The van der Waals surface area contributed by atoms with E-state index in [0.29, 0.717) is 43.2 Å². The highest BCUT2D eigenvalue weighted by atomic mass is 16.6. The predicted octanol–water partition coefficient (Wildman–Crippen LogP) is 2.46. The predicted molar refractivity (Wildman–Crippen MR) is 315 cm³/mol. The number of benzene rings is 1. The molecule has 4 aliphatic rings. The van der Waals surface area contributed by atoms with Crippen LogP contribution in [0.15, 0.2) is 72.4 Å². The molecule has 0 unspecified atom stereocenters. The second kappa shape index (κ2) is 32.5. The number of aliphatic hydroxyl groups excluding tert-OH is 2. The quantitative estimate of drug-likeness (QED) is 0.0122. The first-order chi connectivity index (χ1) is 41.0. The van der Waals surface area contributed by atoms with Crippen molar-refractivity contribution in [2.45, 2.75) is 192 Å². The number of nitrogens with two attached hydrogens (primary N) is 1. The van der Waals surface area contributed by atoms with Crippen molar-refractivity contribution in [2.75, 3.05) is 38.0 Å². The molecule has 13 atom stereocenters. The van der Waals surface area contributed by atoms with Gasteiger partial charge in [-0.1, -0.05) is 63.6 Å². The Morgan fingerprint density at radius 2 is 1.51 bits per heavy atom. The van der Waals surface area contributed by atoms with E-state index in [2.05, 4.69) is 21.3 Å². The number of imide groups is 1. The lowest BCUT2D eigenvalue weighted by molar-refractivity contribution is -0.151. The Kier molecular flexibility index (Phi) is 26.2. The van der Waals surface area contributed by atoms with E-state index in [0.717, 1.165) is 4.90 Å². The molecule has 0 bridgehead atoms. The van der Waals surface area contributed by atoms with Gasteiger partial charge in [0.05, 0.1) is 42.9 Å². The number of epoxide rings is 1. The Balaban J connectivity index is 1.06. The van der Waals surface area contributed by atoms with Gasteiger partial charge in [0.1, 0.15) is 36.4 Å². The van der Waals surface area contributed by atoms with Crippen LogP contribution in [0, 0.1) is 11.8 Å². The summed E-state index contributed by atoms with van der Waals surface area (Å²) >= 11 is 0. The Labute approximate surface area is 507 Å². The van der Waals surface area contributed by atoms with Gasteiger partial charge in [0.2, 0.25) is 29.5 Å². The number of hydrogen-bond acceptors (Lipinski definition) is 18. The normalized spacial score (nSPS) is 25.5. The number of hydrogen-bond donors (Lipinski definition) is 9. The molecule has 10 N–H and O–H groups in total. The first kappa shape index (κ1) is 70.2. The zero-order valence-electron chi connectivity index (χ0n) is 50.9. The van der Waals surface area contributed by atoms with Crippen molar-refractivity contribution in [3.8, 4) is 0 Å². The second-order valence-electron chi connectivity index (χ2n) is 23.5. The largest absolute Gasteiger partial charge is 0.457 e. The van der Waals surface area contributed by atoms with Gasteiger partial charge in [-0.3, -0.25) is 43.3 Å². The number of unbranched alkanes of at least 4 members (excludes halogenated alkanes) is 2. The van der Waals surface area contributed by atoms with E-state index in [4.69, 9.17) is 24.7 Å². The zero-order chi connectivity index (χ0) is 64.3. The summed E-state index contributed by atoms with van der Waals surface area (Å²) in [6.45, 7) is 13.6. The highest BCUT2D eigenvalue weighted by Gasteiger charge is 2.47. The molecule has 1 aromatic rings. The van der Waals surface area contributed by atoms with Crippen LogP contribution in [0.5, 0.6) is 0 Å². The van der Waals surface area contributed by atoms with E-state index < -0.39 is 114 Å². The monoisotopic (exact) mass is 1220 g/mol. The molecule has 0 aliphatic carbocycles. The topological polar surface area (TPSA) is 376 Å². The van der Waals surface area contributed by atoms with Crippen LogP contribution in [0.2, 0.25) is 0 Å². The van der Waals surface area contributed by atoms with Crippen LogP contribution in [0.4, 0.5) is 15.3 Å². The molecule has 480 valence electrons. The number of allylic oxidation sites excluding steroid dienone is 2. The standard InChI is InChI=1S/C61H88N8O18/c1-9-45(71)38(4)54-46(85-54)34-60(7,82)25-13-14-36(2)53-37(3)16-21-47(61(8,83)26-24-43(70)32-52(76)87-53)86-59(81)68-30-28-67(29-31-68)58(80)84-35-41-17-19-42(20-18-41)65-57(79)44(33-48(62)72)66-56(78)40(6)64-55(77)39(5)63-49(73)15-11-10-12-27-69-50(74)22-23-51(69)75/h13-14,16-23,25,37-40,43-47,53-54,70-71,82-83H,9-12,15,24,26-35H2,1-8H3,(H2,62,72)(H,63,73)(H,64,77)(H,65,79)(H,66,78)/b21-16-,25-13+,36-14+/t37-,38+,39-,40-,43+,44-,45-,46+,47-,53+,54+,60-,61+/m0/s1. The molecule has 2 fully saturated rings. The van der Waals surface area contributed by atoms with Crippen molar-refractivity contribution < 1.29 is 87.3 Å². The molecular formula is C61H88N8O18. The highest BCUT2D eigenvalue weighted by molar-refractivity contribution is 6.12. The van der Waals surface area contributed by atoms with E-state index in [1.807, 2.05) is 13.8 Å². The number of cyclic esters (lactones) is 1. The summed E-state index contributed by atoms with van der Waals surface area (Å²) in [5.74, 6) is -5.65. The fraction of sp³-hybridized carbons (Fsp3) is 0.607. The minimum atomic E-state index is -1.68. The lowest BCUT2D eigenvalue weighted by atomic mass is 9.88. The van der Waals surface area contributed by atoms with Crippen molar-refractivity contribution in [3.63, 3.8) is 0 Å². The lowest BCUT2D eigenvalue weighted by Crippen LogP contribution is -2.55. The minimum absolute atomic E-state index is 0.0155. The molecule has 26 heteroatoms. The number of nitrogens with zero attached hydrogens (tertiary/aromatic N) is 3. The third-order valence-electron chi connectivity index (χ3n) is 15.7. The van der Waals surface area contributed by atoms with Gasteiger partial charge in [-0.15, -0.1) is 0 Å². The molecular weight excluding hydrogens is 1130 g/mol. The molecule has 0 aromatic heterocycles. The summed E-state index contributed by atoms with van der Waals surface area (Å²) in [5, 5.41) is 53.9. The summed E-state index contributed by atoms with van der Waals surface area (Å²) < 4.78 is 23.1. The smallest absolute Gasteiger partial charge is 0.410 e. The highest BCUT2D eigenvalue weighted by Crippen LogP contribution is 2.38. The molecule has 5 rings (SSSR count). The van der Waals surface area contributed by atoms with E-state index in [9.17, 15) is 68.4 Å². The van der Waals surface area contributed by atoms with Crippen molar-refractivity contribution in [3.05, 3.63) is 77.9 Å². The van der Waals surface area contributed by atoms with E-state index in [-0.39, 0.29) is 101 Å². The zero-order valence-corrected chi connectivity index (χ0v) is 50.9. The number of anilines is 1. The number of esters is 1. The Bertz CT molecular complexity index is 2720. The van der Waals surface area contributed by atoms with E-state index >= 15 is 0 Å². The van der Waals surface area contributed by atoms with Gasteiger partial charge < -0.3 is 76.2 Å². The molecule has 9 amide bonds. The maximum Gasteiger partial charge on any atom is 0.410 e. The van der Waals surface area contributed by atoms with Gasteiger partial charge in [0.25, 0.3) is 11.8 Å². The van der Waals surface area contributed by atoms with Gasteiger partial charge in [-0.25, -0.2) is 9.59 Å². The second-order valence-corrected chi connectivity index (χ2v) is 23.5. The van der Waals surface area contributed by atoms with Crippen LogP contribution in [0.25, 0.3) is 0 Å². The van der Waals surface area contributed by atoms with Crippen LogP contribution in [-0.2, 0) is 63.9 Å². The number of primary amides is 1. The van der Waals surface area contributed by atoms with Gasteiger partial charge in [-0.2, -0.15) is 0 Å². The van der Waals surface area contributed by atoms with Gasteiger partial charge in [0.15, 0.2) is 6.10 Å². The van der Waals surface area contributed by atoms with E-state index in [1.165, 1.54) is 60.9 Å². The Morgan fingerprint density at radius 1 is 0.885 bits per heavy atom. The van der Waals surface area contributed by atoms with Gasteiger partial charge in [0, 0.05) is 75.2 Å². The number of carbonyl (C=O) groups is 10. The number of ether oxygens (including phenoxy) is 4. The SMILES string of the molecule is CC[C@H](O)[C@@H](C)[C@H]1O[C@@H]1C[C@@](C)(O)/C=C/C=C(\C)[C@H]1OC(=O)C[C@H](O)CC[C@@](C)(O)[C@@H](OC(=O)N2CCN(C(=O)OCc3ccc(NC(=O)[C@H](CC(N)=O)NC(=O)[C@H](C)NC(=O)[C@H](C)NC(=O)CCCCCN4C(=O)C=CC4=O)cc3)CC2)/C=C\[C@@H]1C. The molecule has 0 saturated carbocycles. The molecule has 4 aliphatic heterocycles. The van der Waals surface area contributed by atoms with Crippen LogP contribution in [-0.4, -0.2) is 193 Å². The maximum atomic E-state index is 13.7. The molecule has 87 heavy (non-hydrogen) atoms. The molecule has 26 nitrogen and oxygen atoms in total. The summed E-state index contributed by atoms with van der Waals surface area (Å²) in [6, 6.07) is 2.46. The van der Waals surface area contributed by atoms with Crippen LogP contribution in [0.3, 0.4) is 0 Å². The fourth-order valence-corrected chi connectivity index (χ4v) is 10.1. The molecule has 1 aromatic carbocycles. The molecule has 0 spiro atoms. The third-order valence-corrected chi connectivity index (χ3v) is 15.7. The van der Waals surface area contributed by atoms with E-state index in [1.54, 1.807) is 57.2 Å². The minimum Gasteiger partial charge on any atom is -0.457 e. The first-order valence-corrected chi connectivity index (χ1v) is 29.7. The number of carbonyl (C=O) groups excluding carboxylic acids is 10. The maximum absolute atomic E-state index is 13.7. The molecule has 4 heterocycles. The van der Waals surface area contributed by atoms with Crippen LogP contribution in [0.1, 0.15) is 125 Å². The molecule has 0 radical (unpaired) electrons. The van der Waals surface area contributed by atoms with Crippen LogP contribution >= 0.6 is 0 Å². The van der Waals surface area contributed by atoms with Gasteiger partial charge in [-0.05, 0) is 96.1 Å². The summed E-state index contributed by atoms with van der Waals surface area (Å²) in [6.07, 6.45) is 6.59. The third kappa shape index (κ3) is 22.3. The summed E-state index contributed by atoms with van der Waals surface area (Å²) in [4.78, 5) is 131. The Hall–Kier alpha value is -7.52. The Morgan fingerprint density at radius 3 is 2.14 bits per heavy atom. The number of nitrogens with one attached hydrogen (secondary N) is 4. The number of piperazine rings is 1. The number of amides is 9. The average molecular weight is 1220 g/mol. The first-order valence-electron chi connectivity index (χ1n) is 29.7. The van der Waals surface area contributed by atoms with Crippen molar-refractivity contribution in [1.82, 2.24) is 30.7 Å². The molecule has 2 saturated heterocycles. The van der Waals surface area contributed by atoms with Gasteiger partial charge >= 0.3 is 18.2 Å². The number of rotatable bonds is 26. The van der Waals surface area contributed by atoms with Crippen molar-refractivity contribution >= 4 is 65.2 Å². The van der Waals surface area contributed by atoms with Crippen LogP contribution < -0.4 is 27.0 Å². The fourth-order valence-electron chi connectivity index (χ4n) is 10.1. The summed E-state index contributed by atoms with van der Waals surface area (Å²) in [5.41, 5.74) is 3.87. The number of aliphatic hydroxyl groups is 4. The average Bonchev–Trinajstić information content (AvgIpc) is 1.98.